The fourth-order valence-electron chi connectivity index (χ4n) is 3.20. The number of hydrogen-bond donors (Lipinski definition) is 1. The second-order valence-corrected chi connectivity index (χ2v) is 8.96. The van der Waals surface area contributed by atoms with Crippen molar-refractivity contribution >= 4 is 33.5 Å². The number of amides is 1. The lowest BCUT2D eigenvalue weighted by molar-refractivity contribution is -0.119. The van der Waals surface area contributed by atoms with Crippen LogP contribution in [0.3, 0.4) is 0 Å². The van der Waals surface area contributed by atoms with Crippen LogP contribution in [0.15, 0.2) is 57.8 Å². The predicted molar refractivity (Wildman–Crippen MR) is 107 cm³/mol. The molecule has 8 nitrogen and oxygen atoms in total. The van der Waals surface area contributed by atoms with Gasteiger partial charge in [0.1, 0.15) is 11.9 Å². The van der Waals surface area contributed by atoms with Crippen molar-refractivity contribution in [3.8, 4) is 11.5 Å². The summed E-state index contributed by atoms with van der Waals surface area (Å²) in [7, 11) is -3.87. The first-order valence-electron chi connectivity index (χ1n) is 9.02. The molecule has 1 N–H and O–H groups in total. The Morgan fingerprint density at radius 3 is 2.53 bits per heavy atom. The van der Waals surface area contributed by atoms with Crippen LogP contribution in [0, 0.1) is 5.82 Å². The molecule has 0 radical (unpaired) electrons. The van der Waals surface area contributed by atoms with Crippen molar-refractivity contribution in [3.63, 3.8) is 0 Å². The molecule has 0 saturated carbocycles. The van der Waals surface area contributed by atoms with Gasteiger partial charge in [0.15, 0.2) is 0 Å². The molecule has 2 aromatic carbocycles. The van der Waals surface area contributed by atoms with E-state index in [-0.39, 0.29) is 23.3 Å². The number of hydrogen-bond acceptors (Lipinski definition) is 6. The molecule has 0 bridgehead atoms. The topological polar surface area (TPSA) is 105 Å². The molecule has 0 spiro atoms. The molecule has 1 aliphatic heterocycles. The van der Waals surface area contributed by atoms with Gasteiger partial charge in [0.2, 0.25) is 21.8 Å². The van der Waals surface area contributed by atoms with E-state index in [1.807, 2.05) is 0 Å². The molecule has 3 aromatic rings. The second kappa shape index (κ2) is 8.13. The largest absolute Gasteiger partial charge is 0.403 e. The van der Waals surface area contributed by atoms with E-state index in [0.29, 0.717) is 23.4 Å². The minimum Gasteiger partial charge on any atom is -0.403 e. The molecule has 0 aliphatic carbocycles. The first-order chi connectivity index (χ1) is 14.3. The summed E-state index contributed by atoms with van der Waals surface area (Å²) in [5, 5.41) is 10.5. The van der Waals surface area contributed by atoms with Gasteiger partial charge in [-0.1, -0.05) is 16.7 Å². The number of benzene rings is 2. The van der Waals surface area contributed by atoms with Gasteiger partial charge in [0, 0.05) is 17.1 Å². The zero-order valence-corrected chi connectivity index (χ0v) is 17.0. The number of sulfonamides is 1. The summed E-state index contributed by atoms with van der Waals surface area (Å²) in [4.78, 5) is 12.8. The SMILES string of the molecule is O=C(Nc1nnc(-c2ccc(F)cc2)o1)C1CCCN1S(=O)(=O)c1ccc(Cl)cc1. The highest BCUT2D eigenvalue weighted by molar-refractivity contribution is 7.89. The highest BCUT2D eigenvalue weighted by Crippen LogP contribution is 2.28. The molecule has 2 heterocycles. The van der Waals surface area contributed by atoms with Gasteiger partial charge >= 0.3 is 6.01 Å². The van der Waals surface area contributed by atoms with Crippen molar-refractivity contribution in [1.82, 2.24) is 14.5 Å². The summed E-state index contributed by atoms with van der Waals surface area (Å²) in [6, 6.07) is 10.1. The molecule has 1 fully saturated rings. The van der Waals surface area contributed by atoms with E-state index in [9.17, 15) is 17.6 Å². The van der Waals surface area contributed by atoms with E-state index in [1.165, 1.54) is 48.5 Å². The van der Waals surface area contributed by atoms with Crippen LogP contribution in [0.2, 0.25) is 5.02 Å². The van der Waals surface area contributed by atoms with E-state index in [4.69, 9.17) is 16.0 Å². The minimum atomic E-state index is -3.87. The minimum absolute atomic E-state index is 0.0583. The van der Waals surface area contributed by atoms with Crippen LogP contribution in [-0.2, 0) is 14.8 Å². The van der Waals surface area contributed by atoms with Gasteiger partial charge in [-0.3, -0.25) is 10.1 Å². The number of nitrogens with zero attached hydrogens (tertiary/aromatic N) is 3. The highest BCUT2D eigenvalue weighted by Gasteiger charge is 2.39. The maximum Gasteiger partial charge on any atom is 0.322 e. The van der Waals surface area contributed by atoms with E-state index < -0.39 is 27.8 Å². The molecule has 11 heteroatoms. The van der Waals surface area contributed by atoms with Crippen molar-refractivity contribution < 1.29 is 22.0 Å². The Kier molecular flexibility index (Phi) is 5.54. The maximum atomic E-state index is 13.0. The number of halogens is 2. The maximum absolute atomic E-state index is 13.0. The number of nitrogens with one attached hydrogen (secondary N) is 1. The van der Waals surface area contributed by atoms with Gasteiger partial charge in [-0.25, -0.2) is 12.8 Å². The summed E-state index contributed by atoms with van der Waals surface area (Å²) < 4.78 is 45.5. The third-order valence-corrected chi connectivity index (χ3v) is 6.85. The van der Waals surface area contributed by atoms with Gasteiger partial charge in [-0.15, -0.1) is 5.10 Å². The first kappa shape index (κ1) is 20.5. The molecule has 156 valence electrons. The fraction of sp³-hybridized carbons (Fsp3) is 0.211. The molecule has 30 heavy (non-hydrogen) atoms. The van der Waals surface area contributed by atoms with Crippen molar-refractivity contribution in [2.24, 2.45) is 0 Å². The highest BCUT2D eigenvalue weighted by atomic mass is 35.5. The van der Waals surface area contributed by atoms with Crippen molar-refractivity contribution in [3.05, 3.63) is 59.4 Å². The normalized spacial score (nSPS) is 17.2. The van der Waals surface area contributed by atoms with Gasteiger partial charge in [0.05, 0.1) is 4.90 Å². The van der Waals surface area contributed by atoms with Crippen LogP contribution in [0.25, 0.3) is 11.5 Å². The average molecular weight is 451 g/mol. The van der Waals surface area contributed by atoms with Gasteiger partial charge < -0.3 is 4.42 Å². The lowest BCUT2D eigenvalue weighted by atomic mass is 10.2. The number of rotatable bonds is 5. The number of carbonyl (C=O) groups excluding carboxylic acids is 1. The zero-order chi connectivity index (χ0) is 21.3. The van der Waals surface area contributed by atoms with Gasteiger partial charge in [-0.05, 0) is 61.4 Å². The van der Waals surface area contributed by atoms with Crippen LogP contribution in [0.4, 0.5) is 10.4 Å². The zero-order valence-electron chi connectivity index (χ0n) is 15.5. The molecule has 4 rings (SSSR count). The van der Waals surface area contributed by atoms with Crippen LogP contribution >= 0.6 is 11.6 Å². The quantitative estimate of drug-likeness (QED) is 0.639. The molecule has 1 amide bonds. The lowest BCUT2D eigenvalue weighted by Crippen LogP contribution is -2.43. The number of aromatic nitrogens is 2. The molecule has 1 saturated heterocycles. The molecule has 1 unspecified atom stereocenters. The Labute approximate surface area is 176 Å². The van der Waals surface area contributed by atoms with E-state index in [1.54, 1.807) is 0 Å². The smallest absolute Gasteiger partial charge is 0.322 e. The standard InChI is InChI=1S/C19H16ClFN4O4S/c20-13-5-9-15(10-6-13)30(27,28)25-11-1-2-16(25)17(26)22-19-24-23-18(29-19)12-3-7-14(21)8-4-12/h3-10,16H,1-2,11H2,(H,22,24,26). The predicted octanol–water partition coefficient (Wildman–Crippen LogP) is 3.32. The van der Waals surface area contributed by atoms with Gasteiger partial charge in [0.25, 0.3) is 0 Å². The van der Waals surface area contributed by atoms with E-state index in [0.717, 1.165) is 4.31 Å². The van der Waals surface area contributed by atoms with Crippen molar-refractivity contribution in [2.75, 3.05) is 11.9 Å². The molecule has 1 aromatic heterocycles. The third-order valence-electron chi connectivity index (χ3n) is 4.67. The molecular formula is C19H16ClFN4O4S. The molecule has 1 atom stereocenters. The Morgan fingerprint density at radius 1 is 1.13 bits per heavy atom. The first-order valence-corrected chi connectivity index (χ1v) is 10.8. The van der Waals surface area contributed by atoms with Crippen LogP contribution in [0.1, 0.15) is 12.8 Å². The van der Waals surface area contributed by atoms with Gasteiger partial charge in [-0.2, -0.15) is 4.31 Å². The molecule has 1 aliphatic rings. The van der Waals surface area contributed by atoms with E-state index >= 15 is 0 Å². The summed E-state index contributed by atoms with van der Waals surface area (Å²) in [6.45, 7) is 0.216. The van der Waals surface area contributed by atoms with Crippen LogP contribution < -0.4 is 5.32 Å². The summed E-state index contributed by atoms with van der Waals surface area (Å²) in [5.74, 6) is -0.878. The van der Waals surface area contributed by atoms with Crippen LogP contribution in [-0.4, -0.2) is 41.4 Å². The summed E-state index contributed by atoms with van der Waals surface area (Å²) in [6.07, 6.45) is 0.896. The van der Waals surface area contributed by atoms with Crippen LogP contribution in [0.5, 0.6) is 0 Å². The lowest BCUT2D eigenvalue weighted by Gasteiger charge is -2.22. The fourth-order valence-corrected chi connectivity index (χ4v) is 4.99. The number of carbonyl (C=O) groups is 1. The van der Waals surface area contributed by atoms with E-state index in [2.05, 4.69) is 15.5 Å². The second-order valence-electron chi connectivity index (χ2n) is 6.64. The Balaban J connectivity index is 1.50. The Hall–Kier alpha value is -2.82. The monoisotopic (exact) mass is 450 g/mol. The summed E-state index contributed by atoms with van der Waals surface area (Å²) in [5.41, 5.74) is 0.484. The summed E-state index contributed by atoms with van der Waals surface area (Å²) >= 11 is 5.83. The molecular weight excluding hydrogens is 435 g/mol. The third kappa shape index (κ3) is 4.07. The van der Waals surface area contributed by atoms with Crippen molar-refractivity contribution in [2.45, 2.75) is 23.8 Å². The Morgan fingerprint density at radius 2 is 1.83 bits per heavy atom. The van der Waals surface area contributed by atoms with Crippen molar-refractivity contribution in [1.29, 1.82) is 0 Å². The Bertz CT molecular complexity index is 1170. The number of anilines is 1. The average Bonchev–Trinajstić information content (AvgIpc) is 3.39.